The Morgan fingerprint density at radius 3 is 2.79 bits per heavy atom. The minimum Gasteiger partial charge on any atom is -0.338 e. The molecular weight excluding hydrogens is 330 g/mol. The number of ketones is 1. The molecule has 0 atom stereocenters. The van der Waals surface area contributed by atoms with E-state index in [4.69, 9.17) is 11.6 Å². The molecule has 0 N–H and O–H groups in total. The van der Waals surface area contributed by atoms with E-state index in [1.807, 2.05) is 0 Å². The third-order valence-corrected chi connectivity index (χ3v) is 4.46. The number of amides is 1. The fraction of sp³-hybridized carbons (Fsp3) is 0.294. The smallest absolute Gasteiger partial charge is 0.245 e. The number of carbonyl (C=O) groups excluding carboxylic acids is 2. The third kappa shape index (κ3) is 3.10. The van der Waals surface area contributed by atoms with Gasteiger partial charge in [-0.05, 0) is 29.5 Å². The summed E-state index contributed by atoms with van der Waals surface area (Å²) in [6, 6.07) is 5.15. The summed E-state index contributed by atoms with van der Waals surface area (Å²) in [6.45, 7) is 4.78. The van der Waals surface area contributed by atoms with Crippen molar-refractivity contribution >= 4 is 39.9 Å². The molecule has 0 aliphatic carbocycles. The summed E-state index contributed by atoms with van der Waals surface area (Å²) in [5.41, 5.74) is 1.02. The van der Waals surface area contributed by atoms with Crippen LogP contribution in [0.15, 0.2) is 42.2 Å². The average molecular weight is 346 g/mol. The molecule has 1 amide bonds. The highest BCUT2D eigenvalue weighted by Crippen LogP contribution is 2.31. The molecule has 3 rings (SSSR count). The van der Waals surface area contributed by atoms with E-state index in [1.165, 1.54) is 6.08 Å². The van der Waals surface area contributed by atoms with Gasteiger partial charge in [-0.2, -0.15) is 0 Å². The fourth-order valence-corrected chi connectivity index (χ4v) is 3.21. The number of nitroso groups, excluding NO2 is 1. The van der Waals surface area contributed by atoms with Gasteiger partial charge in [0.05, 0.1) is 12.1 Å². The van der Waals surface area contributed by atoms with E-state index in [1.54, 1.807) is 33.9 Å². The number of likely N-dealkylation sites (tertiary alicyclic amines) is 1. The van der Waals surface area contributed by atoms with Gasteiger partial charge < -0.3 is 9.47 Å². The number of benzene rings is 1. The summed E-state index contributed by atoms with van der Waals surface area (Å²) in [5.74, 6) is 0.130. The molecule has 6 nitrogen and oxygen atoms in total. The predicted octanol–water partition coefficient (Wildman–Crippen LogP) is 3.30. The lowest BCUT2D eigenvalue weighted by Crippen LogP contribution is -2.50. The SMILES string of the molecule is C=CC(=O)N1CC(CC(=O)Cn2cc(N=O)c3cc(Cl)ccc32)C1. The first-order valence-electron chi connectivity index (χ1n) is 7.56. The molecule has 1 aliphatic heterocycles. The summed E-state index contributed by atoms with van der Waals surface area (Å²) >= 11 is 5.95. The van der Waals surface area contributed by atoms with Gasteiger partial charge in [-0.15, -0.1) is 4.91 Å². The summed E-state index contributed by atoms with van der Waals surface area (Å²) in [4.78, 5) is 36.3. The lowest BCUT2D eigenvalue weighted by Gasteiger charge is -2.38. The molecule has 1 fully saturated rings. The van der Waals surface area contributed by atoms with Gasteiger partial charge in [0.25, 0.3) is 0 Å². The quantitative estimate of drug-likeness (QED) is 0.595. The molecule has 0 radical (unpaired) electrons. The van der Waals surface area contributed by atoms with Crippen molar-refractivity contribution in [1.29, 1.82) is 0 Å². The Labute approximate surface area is 143 Å². The molecule has 7 heteroatoms. The van der Waals surface area contributed by atoms with Gasteiger partial charge in [0.2, 0.25) is 5.91 Å². The number of halogens is 1. The zero-order valence-corrected chi connectivity index (χ0v) is 13.7. The molecule has 2 aromatic rings. The molecule has 0 saturated carbocycles. The van der Waals surface area contributed by atoms with Crippen LogP contribution in [0.1, 0.15) is 6.42 Å². The lowest BCUT2D eigenvalue weighted by atomic mass is 9.94. The summed E-state index contributed by atoms with van der Waals surface area (Å²) < 4.78 is 1.72. The number of rotatable bonds is 6. The summed E-state index contributed by atoms with van der Waals surface area (Å²) in [5, 5.41) is 4.15. The first kappa shape index (κ1) is 16.4. The Hall–Kier alpha value is -2.47. The van der Waals surface area contributed by atoms with Crippen LogP contribution in [0.5, 0.6) is 0 Å². The second-order valence-electron chi connectivity index (χ2n) is 5.95. The topological polar surface area (TPSA) is 71.7 Å². The van der Waals surface area contributed by atoms with E-state index in [2.05, 4.69) is 11.8 Å². The van der Waals surface area contributed by atoms with Crippen LogP contribution in [0.4, 0.5) is 5.69 Å². The van der Waals surface area contributed by atoms with Crippen LogP contribution in [0.3, 0.4) is 0 Å². The van der Waals surface area contributed by atoms with Crippen molar-refractivity contribution in [3.05, 3.63) is 47.0 Å². The van der Waals surface area contributed by atoms with Crippen LogP contribution in [-0.2, 0) is 16.1 Å². The number of Topliss-reactive ketones (excluding diaryl/α,β-unsaturated/α-hetero) is 1. The van der Waals surface area contributed by atoms with Crippen LogP contribution in [0.25, 0.3) is 10.9 Å². The number of hydrogen-bond donors (Lipinski definition) is 0. The minimum absolute atomic E-state index is 0.0509. The molecule has 0 unspecified atom stereocenters. The van der Waals surface area contributed by atoms with Gasteiger partial charge in [-0.1, -0.05) is 18.2 Å². The largest absolute Gasteiger partial charge is 0.338 e. The number of carbonyl (C=O) groups is 2. The lowest BCUT2D eigenvalue weighted by molar-refractivity contribution is -0.134. The maximum Gasteiger partial charge on any atom is 0.245 e. The molecule has 124 valence electrons. The number of nitrogens with zero attached hydrogens (tertiary/aromatic N) is 3. The highest BCUT2D eigenvalue weighted by molar-refractivity contribution is 6.31. The fourth-order valence-electron chi connectivity index (χ4n) is 3.04. The Morgan fingerprint density at radius 1 is 1.38 bits per heavy atom. The molecule has 24 heavy (non-hydrogen) atoms. The minimum atomic E-state index is -0.103. The van der Waals surface area contributed by atoms with Crippen molar-refractivity contribution in [2.75, 3.05) is 13.1 Å². The molecular formula is C17H16ClN3O3. The van der Waals surface area contributed by atoms with Gasteiger partial charge in [0.15, 0.2) is 5.78 Å². The van der Waals surface area contributed by atoms with E-state index >= 15 is 0 Å². The van der Waals surface area contributed by atoms with E-state index in [0.29, 0.717) is 29.9 Å². The van der Waals surface area contributed by atoms with E-state index in [-0.39, 0.29) is 29.8 Å². The first-order valence-corrected chi connectivity index (χ1v) is 7.94. The summed E-state index contributed by atoms with van der Waals surface area (Å²) in [6.07, 6.45) is 3.25. The number of hydrogen-bond acceptors (Lipinski definition) is 4. The molecule has 1 aromatic heterocycles. The Balaban J connectivity index is 1.67. The van der Waals surface area contributed by atoms with Gasteiger partial charge in [0.1, 0.15) is 5.69 Å². The molecule has 1 aromatic carbocycles. The molecule has 1 saturated heterocycles. The van der Waals surface area contributed by atoms with E-state index in [9.17, 15) is 14.5 Å². The van der Waals surface area contributed by atoms with Crippen LogP contribution in [0.2, 0.25) is 5.02 Å². The van der Waals surface area contributed by atoms with Crippen molar-refractivity contribution in [3.63, 3.8) is 0 Å². The Morgan fingerprint density at radius 2 is 2.12 bits per heavy atom. The molecule has 2 heterocycles. The first-order chi connectivity index (χ1) is 11.5. The van der Waals surface area contributed by atoms with Gasteiger partial charge in [-0.3, -0.25) is 9.59 Å². The second-order valence-corrected chi connectivity index (χ2v) is 6.39. The van der Waals surface area contributed by atoms with Crippen LogP contribution >= 0.6 is 11.6 Å². The summed E-state index contributed by atoms with van der Waals surface area (Å²) in [7, 11) is 0. The highest BCUT2D eigenvalue weighted by Gasteiger charge is 2.30. The molecule has 0 bridgehead atoms. The van der Waals surface area contributed by atoms with Gasteiger partial charge >= 0.3 is 0 Å². The standard InChI is InChI=1S/C17H16ClN3O3/c1-2-17(23)21-7-11(8-21)5-13(22)9-20-10-15(19-24)14-6-12(18)3-4-16(14)20/h2-4,6,10-11H,1,5,7-9H2. The zero-order chi connectivity index (χ0) is 17.3. The molecule has 1 aliphatic rings. The molecule has 0 spiro atoms. The zero-order valence-electron chi connectivity index (χ0n) is 12.9. The van der Waals surface area contributed by atoms with Crippen molar-refractivity contribution in [2.45, 2.75) is 13.0 Å². The van der Waals surface area contributed by atoms with Crippen molar-refractivity contribution < 1.29 is 9.59 Å². The van der Waals surface area contributed by atoms with Crippen LogP contribution in [-0.4, -0.2) is 34.2 Å². The Bertz CT molecular complexity index is 837. The van der Waals surface area contributed by atoms with E-state index in [0.717, 1.165) is 5.52 Å². The van der Waals surface area contributed by atoms with E-state index < -0.39 is 0 Å². The predicted molar refractivity (Wildman–Crippen MR) is 92.3 cm³/mol. The third-order valence-electron chi connectivity index (χ3n) is 4.23. The monoisotopic (exact) mass is 345 g/mol. The average Bonchev–Trinajstić information content (AvgIpc) is 2.86. The normalized spacial score (nSPS) is 14.5. The Kier molecular flexibility index (Phi) is 4.49. The van der Waals surface area contributed by atoms with Crippen LogP contribution < -0.4 is 0 Å². The number of aromatic nitrogens is 1. The van der Waals surface area contributed by atoms with Gasteiger partial charge in [-0.25, -0.2) is 0 Å². The number of fused-ring (bicyclic) bond motifs is 1. The van der Waals surface area contributed by atoms with Crippen molar-refractivity contribution in [1.82, 2.24) is 9.47 Å². The maximum atomic E-state index is 12.3. The van der Waals surface area contributed by atoms with Crippen molar-refractivity contribution in [2.24, 2.45) is 11.1 Å². The second kappa shape index (κ2) is 6.57. The highest BCUT2D eigenvalue weighted by atomic mass is 35.5. The van der Waals surface area contributed by atoms with Crippen LogP contribution in [0, 0.1) is 10.8 Å². The van der Waals surface area contributed by atoms with Crippen molar-refractivity contribution in [3.8, 4) is 0 Å². The maximum absolute atomic E-state index is 12.3. The van der Waals surface area contributed by atoms with Gasteiger partial charge in [0, 0.05) is 42.0 Å².